The summed E-state index contributed by atoms with van der Waals surface area (Å²) in [6.07, 6.45) is 7.77. The third-order valence-electron chi connectivity index (χ3n) is 5.83. The van der Waals surface area contributed by atoms with Crippen LogP contribution >= 0.6 is 0 Å². The van der Waals surface area contributed by atoms with Crippen LogP contribution in [0.5, 0.6) is 0 Å². The van der Waals surface area contributed by atoms with Gasteiger partial charge in [-0.1, -0.05) is 39.0 Å². The van der Waals surface area contributed by atoms with E-state index < -0.39 is 5.60 Å². The highest BCUT2D eigenvalue weighted by molar-refractivity contribution is 5.74. The van der Waals surface area contributed by atoms with Gasteiger partial charge in [0.15, 0.2) is 0 Å². The lowest BCUT2D eigenvalue weighted by Crippen LogP contribution is -2.52. The zero-order valence-corrected chi connectivity index (χ0v) is 15.0. The van der Waals surface area contributed by atoms with Crippen LogP contribution in [0.4, 0.5) is 4.79 Å². The first-order valence-corrected chi connectivity index (χ1v) is 9.23. The van der Waals surface area contributed by atoms with Crippen molar-refractivity contribution < 1.29 is 14.6 Å². The molecule has 2 rings (SSSR count). The molecule has 2 aliphatic rings. The summed E-state index contributed by atoms with van der Waals surface area (Å²) in [5.41, 5.74) is -0.803. The lowest BCUT2D eigenvalue weighted by molar-refractivity contribution is -0.0723. The van der Waals surface area contributed by atoms with Crippen LogP contribution in [0.2, 0.25) is 0 Å². The monoisotopic (exact) mass is 326 g/mol. The van der Waals surface area contributed by atoms with Crippen molar-refractivity contribution in [2.75, 3.05) is 26.8 Å². The molecule has 1 aliphatic heterocycles. The number of ether oxygens (including phenoxy) is 1. The number of likely N-dealkylation sites (N-methyl/N-ethyl adjacent to an activating group) is 1. The smallest absolute Gasteiger partial charge is 0.317 e. The molecule has 1 aliphatic carbocycles. The summed E-state index contributed by atoms with van der Waals surface area (Å²) in [4.78, 5) is 14.0. The minimum atomic E-state index is -0.803. The minimum Gasteiger partial charge on any atom is -0.388 e. The summed E-state index contributed by atoms with van der Waals surface area (Å²) in [6.45, 7) is 5.87. The van der Waals surface area contributed by atoms with E-state index in [9.17, 15) is 9.90 Å². The zero-order chi connectivity index (χ0) is 16.9. The Kier molecular flexibility index (Phi) is 6.72. The van der Waals surface area contributed by atoms with Gasteiger partial charge in [0.05, 0.1) is 12.1 Å². The number of carbonyl (C=O) groups is 1. The van der Waals surface area contributed by atoms with Gasteiger partial charge in [0.1, 0.15) is 0 Å². The van der Waals surface area contributed by atoms with Crippen LogP contribution in [0.15, 0.2) is 0 Å². The molecule has 5 nitrogen and oxygen atoms in total. The van der Waals surface area contributed by atoms with E-state index in [1.807, 2.05) is 0 Å². The number of rotatable bonds is 5. The highest BCUT2D eigenvalue weighted by Gasteiger charge is 2.33. The second-order valence-electron chi connectivity index (χ2n) is 7.69. The highest BCUT2D eigenvalue weighted by Crippen LogP contribution is 2.31. The second-order valence-corrected chi connectivity index (χ2v) is 7.69. The van der Waals surface area contributed by atoms with E-state index in [4.69, 9.17) is 4.74 Å². The number of amides is 2. The molecule has 0 radical (unpaired) electrons. The molecule has 2 fully saturated rings. The first kappa shape index (κ1) is 18.5. The van der Waals surface area contributed by atoms with Gasteiger partial charge in [-0.05, 0) is 18.8 Å². The summed E-state index contributed by atoms with van der Waals surface area (Å²) < 4.78 is 5.29. The van der Waals surface area contributed by atoms with Crippen LogP contribution in [-0.2, 0) is 4.74 Å². The van der Waals surface area contributed by atoms with Crippen molar-refractivity contribution in [3.8, 4) is 0 Å². The Morgan fingerprint density at radius 3 is 2.48 bits per heavy atom. The summed E-state index contributed by atoms with van der Waals surface area (Å²) in [6, 6.07) is 0.0810. The molecule has 0 bridgehead atoms. The van der Waals surface area contributed by atoms with Crippen molar-refractivity contribution in [3.63, 3.8) is 0 Å². The quantitative estimate of drug-likeness (QED) is 0.816. The van der Waals surface area contributed by atoms with Gasteiger partial charge in [-0.2, -0.15) is 0 Å². The average Bonchev–Trinajstić information content (AvgIpc) is 2.55. The molecule has 2 atom stereocenters. The van der Waals surface area contributed by atoms with Crippen LogP contribution in [-0.4, -0.2) is 54.5 Å². The fraction of sp³-hybridized carbons (Fsp3) is 0.944. The fourth-order valence-corrected chi connectivity index (χ4v) is 3.93. The second kappa shape index (κ2) is 8.34. The Labute approximate surface area is 140 Å². The first-order chi connectivity index (χ1) is 10.9. The lowest BCUT2D eigenvalue weighted by Gasteiger charge is -2.37. The predicted molar refractivity (Wildman–Crippen MR) is 91.4 cm³/mol. The molecule has 1 heterocycles. The molecular weight excluding hydrogens is 292 g/mol. The first-order valence-electron chi connectivity index (χ1n) is 9.23. The number of nitrogens with one attached hydrogen (secondary N) is 1. The van der Waals surface area contributed by atoms with Gasteiger partial charge in [-0.3, -0.25) is 0 Å². The third-order valence-corrected chi connectivity index (χ3v) is 5.83. The topological polar surface area (TPSA) is 61.8 Å². The van der Waals surface area contributed by atoms with Crippen molar-refractivity contribution in [1.82, 2.24) is 10.2 Å². The molecule has 23 heavy (non-hydrogen) atoms. The Morgan fingerprint density at radius 2 is 1.87 bits per heavy atom. The Hall–Kier alpha value is -0.810. The Morgan fingerprint density at radius 1 is 1.26 bits per heavy atom. The number of hydrogen-bond donors (Lipinski definition) is 2. The Bertz CT molecular complexity index is 376. The standard InChI is InChI=1S/C18H34N2O3/c1-14(16-7-5-4-6-8-16)15(2)19-17(21)20(3)13-18(22)9-11-23-12-10-18/h14-16,22H,4-13H2,1-3H3,(H,19,21)/t14-,15-/m0/s1. The van der Waals surface area contributed by atoms with Crippen LogP contribution < -0.4 is 5.32 Å². The fourth-order valence-electron chi connectivity index (χ4n) is 3.93. The molecule has 2 amide bonds. The van der Waals surface area contributed by atoms with E-state index in [-0.39, 0.29) is 12.1 Å². The van der Waals surface area contributed by atoms with Gasteiger partial charge in [-0.15, -0.1) is 0 Å². The highest BCUT2D eigenvalue weighted by atomic mass is 16.5. The molecule has 1 saturated heterocycles. The molecule has 0 spiro atoms. The van der Waals surface area contributed by atoms with Crippen molar-refractivity contribution in [1.29, 1.82) is 0 Å². The van der Waals surface area contributed by atoms with Crippen LogP contribution in [0.25, 0.3) is 0 Å². The molecule has 1 saturated carbocycles. The summed E-state index contributed by atoms with van der Waals surface area (Å²) >= 11 is 0. The van der Waals surface area contributed by atoms with Gasteiger partial charge < -0.3 is 20.1 Å². The van der Waals surface area contributed by atoms with Gasteiger partial charge in [0, 0.05) is 39.1 Å². The average molecular weight is 326 g/mol. The van der Waals surface area contributed by atoms with Gasteiger partial charge in [0.2, 0.25) is 0 Å². The molecule has 5 heteroatoms. The predicted octanol–water partition coefficient (Wildman–Crippen LogP) is 2.77. The molecule has 0 aromatic heterocycles. The van der Waals surface area contributed by atoms with E-state index in [2.05, 4.69) is 19.2 Å². The van der Waals surface area contributed by atoms with Crippen molar-refractivity contribution >= 4 is 6.03 Å². The summed E-state index contributed by atoms with van der Waals surface area (Å²) in [7, 11) is 1.76. The summed E-state index contributed by atoms with van der Waals surface area (Å²) in [5, 5.41) is 13.7. The van der Waals surface area contributed by atoms with Crippen molar-refractivity contribution in [2.45, 2.75) is 70.4 Å². The Balaban J connectivity index is 1.79. The largest absolute Gasteiger partial charge is 0.388 e. The number of nitrogens with zero attached hydrogens (tertiary/aromatic N) is 1. The van der Waals surface area contributed by atoms with Crippen LogP contribution in [0.3, 0.4) is 0 Å². The molecule has 0 aromatic carbocycles. The van der Waals surface area contributed by atoms with Gasteiger partial charge >= 0.3 is 6.03 Å². The van der Waals surface area contributed by atoms with E-state index in [1.165, 1.54) is 32.1 Å². The molecule has 0 unspecified atom stereocenters. The number of aliphatic hydroxyl groups is 1. The number of hydrogen-bond acceptors (Lipinski definition) is 3. The van der Waals surface area contributed by atoms with Crippen LogP contribution in [0.1, 0.15) is 58.8 Å². The zero-order valence-electron chi connectivity index (χ0n) is 15.0. The molecule has 134 valence electrons. The van der Waals surface area contributed by atoms with E-state index >= 15 is 0 Å². The SMILES string of the molecule is C[C@H](NC(=O)N(C)CC1(O)CCOCC1)[C@H](C)C1CCCCC1. The van der Waals surface area contributed by atoms with Crippen molar-refractivity contribution in [2.24, 2.45) is 11.8 Å². The third kappa shape index (κ3) is 5.35. The number of urea groups is 1. The van der Waals surface area contributed by atoms with Gasteiger partial charge in [-0.25, -0.2) is 4.79 Å². The van der Waals surface area contributed by atoms with E-state index in [1.54, 1.807) is 11.9 Å². The van der Waals surface area contributed by atoms with Crippen molar-refractivity contribution in [3.05, 3.63) is 0 Å². The van der Waals surface area contributed by atoms with Gasteiger partial charge in [0.25, 0.3) is 0 Å². The van der Waals surface area contributed by atoms with E-state index in [0.717, 1.165) is 5.92 Å². The molecular formula is C18H34N2O3. The normalized spacial score (nSPS) is 24.7. The van der Waals surface area contributed by atoms with E-state index in [0.29, 0.717) is 38.5 Å². The maximum atomic E-state index is 12.4. The lowest BCUT2D eigenvalue weighted by atomic mass is 9.78. The minimum absolute atomic E-state index is 0.0833. The maximum Gasteiger partial charge on any atom is 0.317 e. The molecule has 0 aromatic rings. The summed E-state index contributed by atoms with van der Waals surface area (Å²) in [5.74, 6) is 1.22. The van der Waals surface area contributed by atoms with Crippen LogP contribution in [0, 0.1) is 11.8 Å². The maximum absolute atomic E-state index is 12.4. The molecule has 2 N–H and O–H groups in total. The number of carbonyl (C=O) groups excluding carboxylic acids is 1.